The van der Waals surface area contributed by atoms with E-state index in [1.807, 2.05) is 0 Å². The van der Waals surface area contributed by atoms with E-state index in [0.29, 0.717) is 11.6 Å². The fraction of sp³-hybridized carbons (Fsp3) is 0.240. The average Bonchev–Trinajstić information content (AvgIpc) is 2.82. The van der Waals surface area contributed by atoms with Crippen LogP contribution in [0, 0.1) is 5.82 Å². The Morgan fingerprint density at radius 2 is 1.67 bits per heavy atom. The van der Waals surface area contributed by atoms with E-state index in [-0.39, 0.29) is 29.6 Å². The van der Waals surface area contributed by atoms with Crippen LogP contribution in [0.1, 0.15) is 35.3 Å². The SMILES string of the molecule is COc1ccc(CN(C(=O)c2ccccc2F)C(C)C)cc1OS(=O)(=O)c1cccc(C(F)(F)F)c1. The van der Waals surface area contributed by atoms with Crippen LogP contribution < -0.4 is 8.92 Å². The molecule has 0 saturated carbocycles. The van der Waals surface area contributed by atoms with E-state index in [4.69, 9.17) is 8.92 Å². The summed E-state index contributed by atoms with van der Waals surface area (Å²) in [4.78, 5) is 13.7. The normalized spacial score (nSPS) is 11.9. The molecule has 0 spiro atoms. The topological polar surface area (TPSA) is 72.9 Å². The number of ether oxygens (including phenoxy) is 1. The molecule has 36 heavy (non-hydrogen) atoms. The summed E-state index contributed by atoms with van der Waals surface area (Å²) in [6.45, 7) is 3.43. The molecular formula is C25H23F4NO5S. The first kappa shape index (κ1) is 27.0. The van der Waals surface area contributed by atoms with Crippen molar-refractivity contribution in [1.29, 1.82) is 0 Å². The summed E-state index contributed by atoms with van der Waals surface area (Å²) in [6.07, 6.45) is -4.74. The van der Waals surface area contributed by atoms with Crippen molar-refractivity contribution in [2.75, 3.05) is 7.11 Å². The van der Waals surface area contributed by atoms with Crippen LogP contribution in [0.4, 0.5) is 17.6 Å². The van der Waals surface area contributed by atoms with Crippen molar-refractivity contribution in [3.05, 3.63) is 89.2 Å². The minimum Gasteiger partial charge on any atom is -0.493 e. The second kappa shape index (κ2) is 10.6. The van der Waals surface area contributed by atoms with E-state index in [1.54, 1.807) is 19.9 Å². The molecule has 0 atom stereocenters. The monoisotopic (exact) mass is 525 g/mol. The predicted octanol–water partition coefficient (Wildman–Crippen LogP) is 5.67. The summed E-state index contributed by atoms with van der Waals surface area (Å²) in [5.41, 5.74) is -0.848. The van der Waals surface area contributed by atoms with Gasteiger partial charge in [-0.05, 0) is 61.9 Å². The number of nitrogens with zero attached hydrogens (tertiary/aromatic N) is 1. The van der Waals surface area contributed by atoms with Gasteiger partial charge in [0.15, 0.2) is 11.5 Å². The number of amides is 1. The molecule has 0 aliphatic rings. The number of rotatable bonds is 8. The molecule has 0 aliphatic heterocycles. The molecule has 6 nitrogen and oxygen atoms in total. The molecule has 0 unspecified atom stereocenters. The smallest absolute Gasteiger partial charge is 0.416 e. The Balaban J connectivity index is 1.93. The lowest BCUT2D eigenvalue weighted by Crippen LogP contribution is -2.36. The number of hydrogen-bond donors (Lipinski definition) is 0. The zero-order chi connectivity index (χ0) is 26.7. The van der Waals surface area contributed by atoms with Gasteiger partial charge in [0.2, 0.25) is 0 Å². The Hall–Kier alpha value is -3.60. The minimum atomic E-state index is -4.74. The quantitative estimate of drug-likeness (QED) is 0.280. The third-order valence-electron chi connectivity index (χ3n) is 5.22. The third kappa shape index (κ3) is 6.14. The summed E-state index contributed by atoms with van der Waals surface area (Å²) in [5.74, 6) is -1.53. The van der Waals surface area contributed by atoms with Gasteiger partial charge in [0.05, 0.1) is 18.2 Å². The molecule has 1 amide bonds. The molecule has 11 heteroatoms. The van der Waals surface area contributed by atoms with Gasteiger partial charge >= 0.3 is 16.3 Å². The highest BCUT2D eigenvalue weighted by atomic mass is 32.2. The van der Waals surface area contributed by atoms with Crippen LogP contribution in [0.5, 0.6) is 11.5 Å². The standard InChI is InChI=1S/C25H23F4NO5S/c1-16(2)30(24(31)20-9-4-5-10-21(20)26)15-17-11-12-22(34-3)23(13-17)35-36(32,33)19-8-6-7-18(14-19)25(27,28)29/h4-14,16H,15H2,1-3H3. The number of alkyl halides is 3. The van der Waals surface area contributed by atoms with E-state index >= 15 is 0 Å². The van der Waals surface area contributed by atoms with E-state index in [9.17, 15) is 30.8 Å². The molecular weight excluding hydrogens is 502 g/mol. The zero-order valence-corrected chi connectivity index (χ0v) is 20.4. The summed E-state index contributed by atoms with van der Waals surface area (Å²) in [6, 6.07) is 12.6. The lowest BCUT2D eigenvalue weighted by atomic mass is 10.1. The molecule has 0 aliphatic carbocycles. The number of halogens is 4. The molecule has 3 rings (SSSR count). The molecule has 0 fully saturated rings. The highest BCUT2D eigenvalue weighted by Gasteiger charge is 2.32. The zero-order valence-electron chi connectivity index (χ0n) is 19.5. The molecule has 3 aromatic carbocycles. The molecule has 0 N–H and O–H groups in total. The van der Waals surface area contributed by atoms with Crippen LogP contribution in [-0.4, -0.2) is 32.4 Å². The Kier molecular flexibility index (Phi) is 7.92. The van der Waals surface area contributed by atoms with Crippen molar-refractivity contribution in [2.24, 2.45) is 0 Å². The van der Waals surface area contributed by atoms with E-state index < -0.39 is 38.5 Å². The fourth-order valence-corrected chi connectivity index (χ4v) is 4.33. The first-order valence-electron chi connectivity index (χ1n) is 10.7. The second-order valence-electron chi connectivity index (χ2n) is 8.05. The van der Waals surface area contributed by atoms with Crippen molar-refractivity contribution in [3.8, 4) is 11.5 Å². The lowest BCUT2D eigenvalue weighted by molar-refractivity contribution is -0.137. The maximum absolute atomic E-state index is 14.2. The van der Waals surface area contributed by atoms with Gasteiger partial charge in [0, 0.05) is 12.6 Å². The Morgan fingerprint density at radius 1 is 0.972 bits per heavy atom. The Labute approximate surface area is 206 Å². The van der Waals surface area contributed by atoms with Crippen molar-refractivity contribution in [2.45, 2.75) is 37.5 Å². The highest BCUT2D eigenvalue weighted by Crippen LogP contribution is 2.34. The fourth-order valence-electron chi connectivity index (χ4n) is 3.35. The van der Waals surface area contributed by atoms with Gasteiger partial charge in [-0.2, -0.15) is 21.6 Å². The summed E-state index contributed by atoms with van der Waals surface area (Å²) < 4.78 is 89.1. The number of hydrogen-bond acceptors (Lipinski definition) is 5. The van der Waals surface area contributed by atoms with Crippen LogP contribution >= 0.6 is 0 Å². The minimum absolute atomic E-state index is 0.00540. The lowest BCUT2D eigenvalue weighted by Gasteiger charge is -2.27. The predicted molar refractivity (Wildman–Crippen MR) is 124 cm³/mol. The van der Waals surface area contributed by atoms with Gasteiger partial charge in [0.25, 0.3) is 5.91 Å². The number of carbonyl (C=O) groups excluding carboxylic acids is 1. The first-order valence-corrected chi connectivity index (χ1v) is 12.1. The van der Waals surface area contributed by atoms with Crippen LogP contribution in [-0.2, 0) is 22.8 Å². The molecule has 0 radical (unpaired) electrons. The van der Waals surface area contributed by atoms with Crippen LogP contribution in [0.25, 0.3) is 0 Å². The first-order chi connectivity index (χ1) is 16.8. The summed E-state index contributed by atoms with van der Waals surface area (Å²) >= 11 is 0. The Bertz CT molecular complexity index is 1360. The van der Waals surface area contributed by atoms with Gasteiger partial charge in [0.1, 0.15) is 10.7 Å². The van der Waals surface area contributed by atoms with Gasteiger partial charge < -0.3 is 13.8 Å². The maximum atomic E-state index is 14.2. The number of methoxy groups -OCH3 is 1. The largest absolute Gasteiger partial charge is 0.493 e. The number of benzene rings is 3. The van der Waals surface area contributed by atoms with Gasteiger partial charge in [-0.25, -0.2) is 4.39 Å². The average molecular weight is 526 g/mol. The van der Waals surface area contributed by atoms with Crippen LogP contribution in [0.3, 0.4) is 0 Å². The molecule has 0 aromatic heterocycles. The maximum Gasteiger partial charge on any atom is 0.416 e. The van der Waals surface area contributed by atoms with Crippen molar-refractivity contribution in [3.63, 3.8) is 0 Å². The molecule has 0 heterocycles. The van der Waals surface area contributed by atoms with E-state index in [1.165, 1.54) is 48.4 Å². The van der Waals surface area contributed by atoms with Crippen molar-refractivity contribution < 1.29 is 39.7 Å². The van der Waals surface area contributed by atoms with Crippen LogP contribution in [0.15, 0.2) is 71.6 Å². The summed E-state index contributed by atoms with van der Waals surface area (Å²) in [7, 11) is -3.40. The van der Waals surface area contributed by atoms with Gasteiger partial charge in [-0.1, -0.05) is 24.3 Å². The Morgan fingerprint density at radius 3 is 2.28 bits per heavy atom. The van der Waals surface area contributed by atoms with Gasteiger partial charge in [-0.3, -0.25) is 4.79 Å². The second-order valence-corrected chi connectivity index (χ2v) is 9.60. The summed E-state index contributed by atoms with van der Waals surface area (Å²) in [5, 5.41) is 0. The van der Waals surface area contributed by atoms with Crippen LogP contribution in [0.2, 0.25) is 0 Å². The molecule has 3 aromatic rings. The van der Waals surface area contributed by atoms with Crippen molar-refractivity contribution in [1.82, 2.24) is 4.90 Å². The molecule has 0 bridgehead atoms. The highest BCUT2D eigenvalue weighted by molar-refractivity contribution is 7.87. The van der Waals surface area contributed by atoms with E-state index in [2.05, 4.69) is 0 Å². The third-order valence-corrected chi connectivity index (χ3v) is 6.45. The molecule has 192 valence electrons. The molecule has 0 saturated heterocycles. The van der Waals surface area contributed by atoms with Gasteiger partial charge in [-0.15, -0.1) is 0 Å². The van der Waals surface area contributed by atoms with Crippen molar-refractivity contribution >= 4 is 16.0 Å². The van der Waals surface area contributed by atoms with E-state index in [0.717, 1.165) is 18.2 Å². The number of carbonyl (C=O) groups is 1.